The Hall–Kier alpha value is 1.50. The van der Waals surface area contributed by atoms with Crippen LogP contribution < -0.4 is 0 Å². The fourth-order valence-corrected chi connectivity index (χ4v) is 0. The van der Waals surface area contributed by atoms with Crippen LogP contribution in [0, 0.1) is 0 Å². The third-order valence-electron chi connectivity index (χ3n) is 0. The molecule has 0 aliphatic heterocycles. The second-order valence-electron chi connectivity index (χ2n) is 0.513. The van der Waals surface area contributed by atoms with Gasteiger partial charge < -0.3 is 17.5 Å². The van der Waals surface area contributed by atoms with Gasteiger partial charge in [-0.2, -0.15) is 0 Å². The van der Waals surface area contributed by atoms with Crippen LogP contribution in [0.3, 0.4) is 0 Å². The molecule has 0 aromatic carbocycles. The molecule has 0 fully saturated rings. The maximum absolute atomic E-state index is 8.88. The summed E-state index contributed by atoms with van der Waals surface area (Å²) >= 11 is 0. The first-order valence-electron chi connectivity index (χ1n) is 0.783. The van der Waals surface area contributed by atoms with Crippen molar-refractivity contribution in [2.75, 3.05) is 0 Å². The van der Waals surface area contributed by atoms with E-state index in [0.717, 1.165) is 0 Å². The second-order valence-corrected chi connectivity index (χ2v) is 1.54. The van der Waals surface area contributed by atoms with Gasteiger partial charge in [-0.25, -0.2) is 4.57 Å². The van der Waals surface area contributed by atoms with Crippen molar-refractivity contribution in [3.05, 3.63) is 0 Å². The monoisotopic (exact) mass is 188 g/mol. The van der Waals surface area contributed by atoms with Crippen LogP contribution in [-0.2, 0) is 24.0 Å². The third-order valence-corrected chi connectivity index (χ3v) is 0. The Balaban J connectivity index is -0.0000000133. The Morgan fingerprint density at radius 3 is 1.29 bits per heavy atom. The number of phosphoric acid groups is 1. The Kier molecular flexibility index (Phi) is 12.7. The molecule has 38 valence electrons. The average molecular weight is 190 g/mol. The average Bonchev–Trinajstić information content (AvgIpc) is 0.722. The molecule has 0 aliphatic rings. The van der Waals surface area contributed by atoms with Gasteiger partial charge in [-0.1, -0.05) is 0 Å². The zero-order valence-corrected chi connectivity index (χ0v) is 8.89. The van der Waals surface area contributed by atoms with Crippen molar-refractivity contribution in [2.24, 2.45) is 0 Å². The van der Waals surface area contributed by atoms with Crippen LogP contribution in [0.5, 0.6) is 0 Å². The maximum atomic E-state index is 8.88. The zero-order valence-electron chi connectivity index (χ0n) is 5.61. The van der Waals surface area contributed by atoms with E-state index in [9.17, 15) is 0 Å². The maximum Gasteiger partial charge on any atom is 2.00 e. The Bertz CT molecular complexity index is 64.7. The molecule has 0 radical (unpaired) electrons. The second kappa shape index (κ2) is 5.63. The number of rotatable bonds is 0. The van der Waals surface area contributed by atoms with Crippen molar-refractivity contribution in [1.29, 1.82) is 0 Å². The molecule has 0 aliphatic carbocycles. The standard InChI is InChI=1S/Mg.H3O4P.Zn.2H/c;1-5(2,3)4;;;/h;(H3,1,2,3,4);;;/q+2;;;2*-1. The summed E-state index contributed by atoms with van der Waals surface area (Å²) < 4.78 is 8.88. The van der Waals surface area contributed by atoms with Crippen LogP contribution in [0.25, 0.3) is 0 Å². The Morgan fingerprint density at radius 2 is 1.29 bits per heavy atom. The van der Waals surface area contributed by atoms with Crippen LogP contribution in [0.2, 0.25) is 0 Å². The van der Waals surface area contributed by atoms with Gasteiger partial charge in [0.05, 0.1) is 0 Å². The SMILES string of the molecule is O=P(O)(O)O.[H-].[H-].[Mg+2].[Zn]. The summed E-state index contributed by atoms with van der Waals surface area (Å²) in [6.07, 6.45) is 0. The molecule has 0 saturated heterocycles. The molecule has 0 amide bonds. The topological polar surface area (TPSA) is 77.8 Å². The normalized spacial score (nSPS) is 8.43. The molecule has 0 bridgehead atoms. The summed E-state index contributed by atoms with van der Waals surface area (Å²) in [6.45, 7) is 0. The van der Waals surface area contributed by atoms with Crippen LogP contribution >= 0.6 is 7.82 Å². The van der Waals surface area contributed by atoms with Crippen LogP contribution in [-0.4, -0.2) is 37.7 Å². The van der Waals surface area contributed by atoms with Gasteiger partial charge in [-0.15, -0.1) is 0 Å². The first kappa shape index (κ1) is 15.8. The first-order valence-corrected chi connectivity index (χ1v) is 2.35. The third kappa shape index (κ3) is 101. The molecule has 0 heterocycles. The van der Waals surface area contributed by atoms with Gasteiger partial charge in [0.25, 0.3) is 0 Å². The van der Waals surface area contributed by atoms with Crippen molar-refractivity contribution < 1.29 is 41.6 Å². The molecule has 0 aromatic rings. The van der Waals surface area contributed by atoms with Gasteiger partial charge in [0.2, 0.25) is 0 Å². The largest absolute Gasteiger partial charge is 2.00 e. The van der Waals surface area contributed by atoms with Crippen LogP contribution in [0.4, 0.5) is 0 Å². The van der Waals surface area contributed by atoms with E-state index in [1.807, 2.05) is 0 Å². The predicted molar refractivity (Wildman–Crippen MR) is 22.2 cm³/mol. The van der Waals surface area contributed by atoms with Gasteiger partial charge >= 0.3 is 30.9 Å². The molecule has 7 heavy (non-hydrogen) atoms. The molecule has 0 spiro atoms. The van der Waals surface area contributed by atoms with Crippen LogP contribution in [0.1, 0.15) is 2.85 Å². The molecular formula is H5MgO4PZn. The van der Waals surface area contributed by atoms with E-state index in [1.54, 1.807) is 0 Å². The van der Waals surface area contributed by atoms with Crippen LogP contribution in [0.15, 0.2) is 0 Å². The van der Waals surface area contributed by atoms with Crippen molar-refractivity contribution >= 4 is 30.9 Å². The molecule has 4 nitrogen and oxygen atoms in total. The first-order chi connectivity index (χ1) is 2.00. The summed E-state index contributed by atoms with van der Waals surface area (Å²) in [5.41, 5.74) is 0. The summed E-state index contributed by atoms with van der Waals surface area (Å²) in [7, 11) is -4.64. The molecule has 0 rings (SSSR count). The zero-order chi connectivity index (χ0) is 4.50. The van der Waals surface area contributed by atoms with E-state index < -0.39 is 7.82 Å². The van der Waals surface area contributed by atoms with Crippen molar-refractivity contribution in [3.8, 4) is 0 Å². The van der Waals surface area contributed by atoms with E-state index in [1.165, 1.54) is 0 Å². The van der Waals surface area contributed by atoms with Gasteiger partial charge in [0.1, 0.15) is 0 Å². The molecule has 0 atom stereocenters. The molecule has 0 unspecified atom stereocenters. The Labute approximate surface area is 72.4 Å². The number of hydrogen-bond acceptors (Lipinski definition) is 1. The summed E-state index contributed by atoms with van der Waals surface area (Å²) in [5, 5.41) is 0. The van der Waals surface area contributed by atoms with E-state index in [0.29, 0.717) is 0 Å². The summed E-state index contributed by atoms with van der Waals surface area (Å²) in [5.74, 6) is 0. The van der Waals surface area contributed by atoms with E-state index in [-0.39, 0.29) is 45.4 Å². The Morgan fingerprint density at radius 1 is 1.29 bits per heavy atom. The van der Waals surface area contributed by atoms with E-state index in [2.05, 4.69) is 0 Å². The van der Waals surface area contributed by atoms with Gasteiger partial charge in [0, 0.05) is 19.5 Å². The summed E-state index contributed by atoms with van der Waals surface area (Å²) in [6, 6.07) is 0. The smallest absolute Gasteiger partial charge is 1.00 e. The van der Waals surface area contributed by atoms with Gasteiger partial charge in [-0.05, 0) is 0 Å². The molecular weight excluding hydrogens is 185 g/mol. The molecule has 7 heteroatoms. The minimum absolute atomic E-state index is 0. The summed E-state index contributed by atoms with van der Waals surface area (Å²) in [4.78, 5) is 21.6. The fraction of sp³-hybridized carbons (Fsp3) is 0. The van der Waals surface area contributed by atoms with Gasteiger partial charge in [0.15, 0.2) is 0 Å². The van der Waals surface area contributed by atoms with E-state index >= 15 is 0 Å². The predicted octanol–water partition coefficient (Wildman–Crippen LogP) is -1.09. The molecule has 0 aromatic heterocycles. The van der Waals surface area contributed by atoms with Crippen molar-refractivity contribution in [3.63, 3.8) is 0 Å². The minimum Gasteiger partial charge on any atom is -1.00 e. The van der Waals surface area contributed by atoms with E-state index in [4.69, 9.17) is 19.2 Å². The van der Waals surface area contributed by atoms with Crippen molar-refractivity contribution in [1.82, 2.24) is 0 Å². The minimum atomic E-state index is -4.64. The van der Waals surface area contributed by atoms with Crippen molar-refractivity contribution in [2.45, 2.75) is 0 Å². The molecule has 3 N–H and O–H groups in total. The van der Waals surface area contributed by atoms with Gasteiger partial charge in [-0.3, -0.25) is 0 Å². The molecule has 0 saturated carbocycles. The fourth-order valence-electron chi connectivity index (χ4n) is 0. The number of hydrogen-bond donors (Lipinski definition) is 3. The quantitative estimate of drug-likeness (QED) is 0.335.